The molecule has 2 aliphatic rings. The molecule has 4 heteroatoms. The van der Waals surface area contributed by atoms with Crippen LogP contribution in [0.4, 0.5) is 0 Å². The number of benzene rings is 2. The van der Waals surface area contributed by atoms with Gasteiger partial charge in [-0.05, 0) is 35.1 Å². The van der Waals surface area contributed by atoms with Crippen LogP contribution in [0.2, 0.25) is 0 Å². The van der Waals surface area contributed by atoms with E-state index < -0.39 is 6.10 Å². The summed E-state index contributed by atoms with van der Waals surface area (Å²) in [5.74, 6) is 0.644. The molecule has 4 rings (SSSR count). The van der Waals surface area contributed by atoms with E-state index in [-0.39, 0.29) is 5.91 Å². The van der Waals surface area contributed by atoms with Crippen LogP contribution in [0.3, 0.4) is 0 Å². The van der Waals surface area contributed by atoms with Crippen LogP contribution in [0, 0.1) is 5.92 Å². The molecule has 0 unspecified atom stereocenters. The third kappa shape index (κ3) is 3.21. The summed E-state index contributed by atoms with van der Waals surface area (Å²) in [5.41, 5.74) is 2.16. The molecular formula is C19H20N2O2. The predicted molar refractivity (Wildman–Crippen MR) is 90.3 cm³/mol. The van der Waals surface area contributed by atoms with Gasteiger partial charge in [-0.3, -0.25) is 4.79 Å². The third-order valence-corrected chi connectivity index (χ3v) is 4.56. The first-order valence-electron chi connectivity index (χ1n) is 8.25. The lowest BCUT2D eigenvalue weighted by Gasteiger charge is -2.09. The zero-order valence-electron chi connectivity index (χ0n) is 13.0. The van der Waals surface area contributed by atoms with Gasteiger partial charge in [0.1, 0.15) is 0 Å². The van der Waals surface area contributed by atoms with Gasteiger partial charge in [0.25, 0.3) is 5.91 Å². The summed E-state index contributed by atoms with van der Waals surface area (Å²) in [6.07, 6.45) is 3.32. The fourth-order valence-electron chi connectivity index (χ4n) is 3.02. The lowest BCUT2D eigenvalue weighted by Crippen LogP contribution is -2.36. The number of hydrogen-bond donors (Lipinski definition) is 1. The number of nitrogens with one attached hydrogen (secondary N) is 1. The van der Waals surface area contributed by atoms with Crippen molar-refractivity contribution in [2.24, 2.45) is 11.1 Å². The van der Waals surface area contributed by atoms with E-state index in [4.69, 9.17) is 4.84 Å². The van der Waals surface area contributed by atoms with E-state index in [2.05, 4.69) is 40.8 Å². The second-order valence-electron chi connectivity index (χ2n) is 6.46. The van der Waals surface area contributed by atoms with Gasteiger partial charge in [0, 0.05) is 19.4 Å². The van der Waals surface area contributed by atoms with Crippen LogP contribution in [0.5, 0.6) is 0 Å². The Morgan fingerprint density at radius 3 is 2.87 bits per heavy atom. The van der Waals surface area contributed by atoms with E-state index in [9.17, 15) is 4.79 Å². The van der Waals surface area contributed by atoms with Gasteiger partial charge in [-0.1, -0.05) is 47.6 Å². The van der Waals surface area contributed by atoms with Crippen molar-refractivity contribution in [2.75, 3.05) is 6.54 Å². The monoisotopic (exact) mass is 308 g/mol. The normalized spacial score (nSPS) is 20.2. The molecule has 118 valence electrons. The molecule has 0 bridgehead atoms. The van der Waals surface area contributed by atoms with Crippen LogP contribution >= 0.6 is 0 Å². The Bertz CT molecular complexity index is 760. The molecule has 1 heterocycles. The first-order chi connectivity index (χ1) is 11.3. The van der Waals surface area contributed by atoms with E-state index >= 15 is 0 Å². The SMILES string of the molecule is O=C(NCC1CC1)[C@@H]1CC(Cc2cccc3ccccc23)=NO1. The van der Waals surface area contributed by atoms with Crippen molar-refractivity contribution < 1.29 is 9.63 Å². The maximum absolute atomic E-state index is 12.1. The van der Waals surface area contributed by atoms with E-state index in [1.165, 1.54) is 29.2 Å². The lowest BCUT2D eigenvalue weighted by molar-refractivity contribution is -0.131. The van der Waals surface area contributed by atoms with Crippen molar-refractivity contribution in [2.45, 2.75) is 31.8 Å². The van der Waals surface area contributed by atoms with Gasteiger partial charge in [-0.15, -0.1) is 0 Å². The first-order valence-corrected chi connectivity index (χ1v) is 8.25. The van der Waals surface area contributed by atoms with E-state index in [0.717, 1.165) is 18.7 Å². The number of nitrogens with zero attached hydrogens (tertiary/aromatic N) is 1. The molecule has 1 amide bonds. The molecule has 1 saturated carbocycles. The lowest BCUT2D eigenvalue weighted by atomic mass is 9.98. The summed E-state index contributed by atoms with van der Waals surface area (Å²) in [6, 6.07) is 14.6. The van der Waals surface area contributed by atoms with Crippen LogP contribution in [0.25, 0.3) is 10.8 Å². The molecule has 1 N–H and O–H groups in total. The molecule has 1 atom stereocenters. The molecule has 1 aliphatic carbocycles. The van der Waals surface area contributed by atoms with Crippen molar-refractivity contribution in [3.63, 3.8) is 0 Å². The largest absolute Gasteiger partial charge is 0.382 e. The van der Waals surface area contributed by atoms with Crippen LogP contribution < -0.4 is 5.32 Å². The zero-order chi connectivity index (χ0) is 15.6. The second kappa shape index (κ2) is 6.03. The highest BCUT2D eigenvalue weighted by Gasteiger charge is 2.30. The third-order valence-electron chi connectivity index (χ3n) is 4.56. The number of oxime groups is 1. The Morgan fingerprint density at radius 1 is 1.17 bits per heavy atom. The smallest absolute Gasteiger partial charge is 0.264 e. The predicted octanol–water partition coefficient (Wildman–Crippen LogP) is 3.05. The fourth-order valence-corrected chi connectivity index (χ4v) is 3.02. The number of fused-ring (bicyclic) bond motifs is 1. The maximum atomic E-state index is 12.1. The Labute approximate surface area is 135 Å². The van der Waals surface area contributed by atoms with Gasteiger partial charge in [-0.2, -0.15) is 0 Å². The molecule has 4 nitrogen and oxygen atoms in total. The number of carbonyl (C=O) groups is 1. The van der Waals surface area contributed by atoms with Crippen molar-refractivity contribution in [3.8, 4) is 0 Å². The summed E-state index contributed by atoms with van der Waals surface area (Å²) < 4.78 is 0. The number of hydrogen-bond acceptors (Lipinski definition) is 3. The van der Waals surface area contributed by atoms with E-state index in [1.807, 2.05) is 12.1 Å². The molecule has 0 aromatic heterocycles. The summed E-state index contributed by atoms with van der Waals surface area (Å²) in [7, 11) is 0. The standard InChI is InChI=1S/C19H20N2O2/c22-19(20-12-13-8-9-13)18-11-16(21-23-18)10-15-6-3-5-14-4-1-2-7-17(14)15/h1-7,13,18H,8-12H2,(H,20,22)/t18-/m0/s1. The fraction of sp³-hybridized carbons (Fsp3) is 0.368. The van der Waals surface area contributed by atoms with E-state index in [0.29, 0.717) is 12.3 Å². The molecule has 2 aromatic carbocycles. The molecule has 0 spiro atoms. The highest BCUT2D eigenvalue weighted by Crippen LogP contribution is 2.28. The average Bonchev–Trinajstić information content (AvgIpc) is 3.30. The van der Waals surface area contributed by atoms with Crippen molar-refractivity contribution >= 4 is 22.4 Å². The molecule has 23 heavy (non-hydrogen) atoms. The van der Waals surface area contributed by atoms with Gasteiger partial charge >= 0.3 is 0 Å². The van der Waals surface area contributed by atoms with Gasteiger partial charge in [-0.25, -0.2) is 0 Å². The van der Waals surface area contributed by atoms with Gasteiger partial charge < -0.3 is 10.2 Å². The minimum Gasteiger partial charge on any atom is -0.382 e. The van der Waals surface area contributed by atoms with Crippen LogP contribution in [-0.4, -0.2) is 24.3 Å². The van der Waals surface area contributed by atoms with Gasteiger partial charge in [0.15, 0.2) is 0 Å². The minimum atomic E-state index is -0.460. The topological polar surface area (TPSA) is 50.7 Å². The summed E-state index contributed by atoms with van der Waals surface area (Å²) in [5, 5.41) is 9.56. The molecule has 1 aliphatic heterocycles. The summed E-state index contributed by atoms with van der Waals surface area (Å²) in [6.45, 7) is 0.775. The number of rotatable bonds is 5. The van der Waals surface area contributed by atoms with Gasteiger partial charge in [0.2, 0.25) is 6.10 Å². The maximum Gasteiger partial charge on any atom is 0.264 e. The van der Waals surface area contributed by atoms with Crippen LogP contribution in [0.1, 0.15) is 24.8 Å². The molecule has 0 saturated heterocycles. The number of carbonyl (C=O) groups excluding carboxylic acids is 1. The summed E-state index contributed by atoms with van der Waals surface area (Å²) in [4.78, 5) is 17.4. The highest BCUT2D eigenvalue weighted by atomic mass is 16.6. The molecule has 1 fully saturated rings. The quantitative estimate of drug-likeness (QED) is 0.923. The summed E-state index contributed by atoms with van der Waals surface area (Å²) >= 11 is 0. The Hall–Kier alpha value is -2.36. The first kappa shape index (κ1) is 14.2. The second-order valence-corrected chi connectivity index (χ2v) is 6.46. The molecular weight excluding hydrogens is 288 g/mol. The molecule has 2 aromatic rings. The van der Waals surface area contributed by atoms with Crippen LogP contribution in [0.15, 0.2) is 47.6 Å². The van der Waals surface area contributed by atoms with Gasteiger partial charge in [0.05, 0.1) is 5.71 Å². The van der Waals surface area contributed by atoms with Crippen molar-refractivity contribution in [1.82, 2.24) is 5.32 Å². The Morgan fingerprint density at radius 2 is 2.00 bits per heavy atom. The minimum absolute atomic E-state index is 0.0337. The number of amides is 1. The van der Waals surface area contributed by atoms with Crippen LogP contribution in [-0.2, 0) is 16.1 Å². The Balaban J connectivity index is 1.40. The van der Waals surface area contributed by atoms with Crippen molar-refractivity contribution in [1.29, 1.82) is 0 Å². The average molecular weight is 308 g/mol. The highest BCUT2D eigenvalue weighted by molar-refractivity contribution is 5.96. The van der Waals surface area contributed by atoms with Crippen molar-refractivity contribution in [3.05, 3.63) is 48.0 Å². The zero-order valence-corrected chi connectivity index (χ0v) is 13.0. The molecule has 0 radical (unpaired) electrons. The Kier molecular flexibility index (Phi) is 3.74. The van der Waals surface area contributed by atoms with E-state index in [1.54, 1.807) is 0 Å².